The van der Waals surface area contributed by atoms with Gasteiger partial charge in [-0.25, -0.2) is 26.6 Å². The van der Waals surface area contributed by atoms with E-state index in [-0.39, 0.29) is 10.7 Å². The summed E-state index contributed by atoms with van der Waals surface area (Å²) < 4.78 is 67.2. The molecule has 0 saturated carbocycles. The van der Waals surface area contributed by atoms with Crippen LogP contribution in [-0.4, -0.2) is 14.3 Å². The maximum absolute atomic E-state index is 14.3. The first kappa shape index (κ1) is 20.7. The number of aliphatic imine (C=N–C) groups is 1. The Morgan fingerprint density at radius 3 is 2.30 bits per heavy atom. The van der Waals surface area contributed by atoms with Crippen molar-refractivity contribution in [3.63, 3.8) is 0 Å². The molecule has 2 N–H and O–H groups in total. The van der Waals surface area contributed by atoms with Crippen LogP contribution in [-0.2, 0) is 9.84 Å². The predicted octanol–water partition coefficient (Wildman–Crippen LogP) is 4.24. The molecule has 2 rings (SSSR count). The number of hydrogen-bond acceptors (Lipinski definition) is 3. The molecule has 0 aromatic heterocycles. The summed E-state index contributed by atoms with van der Waals surface area (Å²) >= 11 is 6.13. The Morgan fingerprint density at radius 2 is 1.70 bits per heavy atom. The maximum atomic E-state index is 14.3. The molecule has 0 saturated heterocycles. The molecule has 0 aliphatic carbocycles. The highest BCUT2D eigenvalue weighted by Crippen LogP contribution is 2.38. The summed E-state index contributed by atoms with van der Waals surface area (Å²) in [6.07, 6.45) is 2.10. The van der Waals surface area contributed by atoms with Gasteiger partial charge in [0, 0.05) is 16.8 Å². The van der Waals surface area contributed by atoms with Gasteiger partial charge in [-0.05, 0) is 48.5 Å². The van der Waals surface area contributed by atoms with Gasteiger partial charge in [-0.2, -0.15) is 0 Å². The Hall–Kier alpha value is -2.58. The SMILES string of the molecule is C=CN=C(N)/C=C(\Cl)C(c1cc(F)ccc1F)S(=O)(=O)c1ccc(F)cc1. The fraction of sp³-hybridized carbons (Fsp3) is 0.0556. The number of rotatable bonds is 6. The quantitative estimate of drug-likeness (QED) is 0.436. The molecule has 0 fully saturated rings. The normalized spacial score (nSPS) is 14.1. The van der Waals surface area contributed by atoms with Crippen LogP contribution < -0.4 is 5.73 Å². The Morgan fingerprint density at radius 1 is 1.11 bits per heavy atom. The average Bonchev–Trinajstić information content (AvgIpc) is 2.58. The Labute approximate surface area is 159 Å². The van der Waals surface area contributed by atoms with Crippen molar-refractivity contribution in [3.8, 4) is 0 Å². The zero-order valence-corrected chi connectivity index (χ0v) is 15.3. The van der Waals surface area contributed by atoms with E-state index < -0.39 is 43.1 Å². The first-order chi connectivity index (χ1) is 12.7. The number of nitrogens with zero attached hydrogens (tertiary/aromatic N) is 1. The average molecular weight is 415 g/mol. The second-order valence-corrected chi connectivity index (χ2v) is 7.78. The lowest BCUT2D eigenvalue weighted by Gasteiger charge is -2.19. The molecule has 1 atom stereocenters. The van der Waals surface area contributed by atoms with Crippen LogP contribution in [0.4, 0.5) is 13.2 Å². The zero-order chi connectivity index (χ0) is 20.2. The third kappa shape index (κ3) is 4.78. The minimum Gasteiger partial charge on any atom is -0.384 e. The van der Waals surface area contributed by atoms with Gasteiger partial charge in [-0.3, -0.25) is 0 Å². The summed E-state index contributed by atoms with van der Waals surface area (Å²) in [5.74, 6) is -2.70. The lowest BCUT2D eigenvalue weighted by Crippen LogP contribution is -2.18. The molecule has 0 aliphatic rings. The van der Waals surface area contributed by atoms with E-state index in [1.165, 1.54) is 0 Å². The second kappa shape index (κ2) is 8.41. The number of halogens is 4. The molecule has 142 valence electrons. The van der Waals surface area contributed by atoms with Gasteiger partial charge in [0.25, 0.3) is 0 Å². The molecule has 27 heavy (non-hydrogen) atoms. The van der Waals surface area contributed by atoms with Crippen LogP contribution >= 0.6 is 11.6 Å². The van der Waals surface area contributed by atoms with E-state index in [1.54, 1.807) is 0 Å². The fourth-order valence-corrected chi connectivity index (χ4v) is 4.55. The van der Waals surface area contributed by atoms with Crippen LogP contribution in [0.15, 0.2) is 76.2 Å². The third-order valence-electron chi connectivity index (χ3n) is 3.47. The van der Waals surface area contributed by atoms with Crippen molar-refractivity contribution in [2.45, 2.75) is 10.1 Å². The highest BCUT2D eigenvalue weighted by atomic mass is 35.5. The van der Waals surface area contributed by atoms with Gasteiger partial charge in [0.1, 0.15) is 28.5 Å². The summed E-state index contributed by atoms with van der Waals surface area (Å²) in [5.41, 5.74) is 5.06. The lowest BCUT2D eigenvalue weighted by molar-refractivity contribution is 0.570. The van der Waals surface area contributed by atoms with E-state index in [2.05, 4.69) is 11.6 Å². The van der Waals surface area contributed by atoms with Crippen molar-refractivity contribution < 1.29 is 21.6 Å². The van der Waals surface area contributed by atoms with Crippen molar-refractivity contribution in [3.05, 3.63) is 89.4 Å². The number of amidine groups is 1. The topological polar surface area (TPSA) is 72.5 Å². The van der Waals surface area contributed by atoms with Crippen LogP contribution in [0.2, 0.25) is 0 Å². The van der Waals surface area contributed by atoms with Gasteiger partial charge >= 0.3 is 0 Å². The van der Waals surface area contributed by atoms with Crippen LogP contribution in [0.1, 0.15) is 10.8 Å². The highest BCUT2D eigenvalue weighted by Gasteiger charge is 2.34. The van der Waals surface area contributed by atoms with Gasteiger partial charge in [-0.1, -0.05) is 18.2 Å². The molecule has 0 spiro atoms. The molecule has 2 aromatic rings. The number of hydrogen-bond donors (Lipinski definition) is 1. The largest absolute Gasteiger partial charge is 0.384 e. The van der Waals surface area contributed by atoms with Crippen molar-refractivity contribution in [2.24, 2.45) is 10.7 Å². The Balaban J connectivity index is 2.73. The van der Waals surface area contributed by atoms with Gasteiger partial charge in [0.15, 0.2) is 9.84 Å². The molecule has 1 unspecified atom stereocenters. The van der Waals surface area contributed by atoms with Crippen molar-refractivity contribution in [1.82, 2.24) is 0 Å². The molecule has 4 nitrogen and oxygen atoms in total. The van der Waals surface area contributed by atoms with Crippen LogP contribution in [0.5, 0.6) is 0 Å². The zero-order valence-electron chi connectivity index (χ0n) is 13.7. The van der Waals surface area contributed by atoms with Crippen molar-refractivity contribution >= 4 is 27.3 Å². The predicted molar refractivity (Wildman–Crippen MR) is 98.4 cm³/mol. The van der Waals surface area contributed by atoms with E-state index in [0.29, 0.717) is 0 Å². The van der Waals surface area contributed by atoms with E-state index in [4.69, 9.17) is 17.3 Å². The first-order valence-corrected chi connectivity index (χ1v) is 9.35. The van der Waals surface area contributed by atoms with Crippen LogP contribution in [0, 0.1) is 17.5 Å². The minimum absolute atomic E-state index is 0.189. The van der Waals surface area contributed by atoms with Gasteiger partial charge in [0.2, 0.25) is 0 Å². The molecular weight excluding hydrogens is 401 g/mol. The number of nitrogens with two attached hydrogens (primary N) is 1. The summed E-state index contributed by atoms with van der Waals surface area (Å²) in [5, 5.41) is -2.24. The van der Waals surface area contributed by atoms with E-state index in [1.807, 2.05) is 0 Å². The Bertz CT molecular complexity index is 1020. The molecule has 0 radical (unpaired) electrons. The summed E-state index contributed by atoms with van der Waals surface area (Å²) in [6, 6.07) is 6.20. The number of benzene rings is 2. The molecule has 0 aliphatic heterocycles. The lowest BCUT2D eigenvalue weighted by atomic mass is 10.1. The van der Waals surface area contributed by atoms with Crippen molar-refractivity contribution in [1.29, 1.82) is 0 Å². The van der Waals surface area contributed by atoms with Gasteiger partial charge < -0.3 is 5.73 Å². The molecular formula is C18H14ClF3N2O2S. The standard InChI is InChI=1S/C18H14ClF3N2O2S/c1-2-24-17(23)10-15(19)18(14-9-12(21)5-8-16(14)22)27(25,26)13-6-3-11(20)4-7-13/h2-10,18H,1H2,(H2,23,24)/b15-10-. The smallest absolute Gasteiger partial charge is 0.190 e. The van der Waals surface area contributed by atoms with Gasteiger partial charge in [0.05, 0.1) is 4.90 Å². The monoisotopic (exact) mass is 414 g/mol. The summed E-state index contributed by atoms with van der Waals surface area (Å²) in [4.78, 5) is 3.30. The summed E-state index contributed by atoms with van der Waals surface area (Å²) in [7, 11) is -4.38. The molecule has 0 amide bonds. The molecule has 0 heterocycles. The maximum Gasteiger partial charge on any atom is 0.190 e. The van der Waals surface area contributed by atoms with Crippen LogP contribution in [0.3, 0.4) is 0 Å². The molecule has 2 aromatic carbocycles. The van der Waals surface area contributed by atoms with E-state index >= 15 is 0 Å². The second-order valence-electron chi connectivity index (χ2n) is 5.31. The Kier molecular flexibility index (Phi) is 6.45. The first-order valence-electron chi connectivity index (χ1n) is 7.42. The van der Waals surface area contributed by atoms with Gasteiger partial charge in [-0.15, -0.1) is 0 Å². The van der Waals surface area contributed by atoms with Crippen LogP contribution in [0.25, 0.3) is 0 Å². The third-order valence-corrected chi connectivity index (χ3v) is 5.98. The molecule has 9 heteroatoms. The van der Waals surface area contributed by atoms with Crippen molar-refractivity contribution in [2.75, 3.05) is 0 Å². The highest BCUT2D eigenvalue weighted by molar-refractivity contribution is 7.92. The number of sulfone groups is 1. The fourth-order valence-electron chi connectivity index (χ4n) is 2.30. The van der Waals surface area contributed by atoms with E-state index in [0.717, 1.165) is 54.7 Å². The molecule has 0 bridgehead atoms. The summed E-state index contributed by atoms with van der Waals surface area (Å²) in [6.45, 7) is 3.34. The van der Waals surface area contributed by atoms with E-state index in [9.17, 15) is 21.6 Å². The minimum atomic E-state index is -4.38.